The van der Waals surface area contributed by atoms with Crippen molar-refractivity contribution in [2.45, 2.75) is 20.3 Å². The van der Waals surface area contributed by atoms with E-state index in [1.165, 1.54) is 0 Å². The topological polar surface area (TPSA) is 49.3 Å². The lowest BCUT2D eigenvalue weighted by Crippen LogP contribution is -2.05. The van der Waals surface area contributed by atoms with Gasteiger partial charge in [0.1, 0.15) is 0 Å². The Hall–Kier alpha value is -0.810. The van der Waals surface area contributed by atoms with Gasteiger partial charge < -0.3 is 10.4 Å². The number of rotatable bonds is 5. The van der Waals surface area contributed by atoms with Gasteiger partial charge in [0.05, 0.1) is 5.69 Å². The average molecular weight is 377 g/mol. The Bertz CT molecular complexity index is 461. The molecule has 0 aliphatic heterocycles. The molecule has 3 nitrogen and oxygen atoms in total. The molecule has 18 heavy (non-hydrogen) atoms. The van der Waals surface area contributed by atoms with Crippen molar-refractivity contribution in [2.75, 3.05) is 11.9 Å². The summed E-state index contributed by atoms with van der Waals surface area (Å²) < 4.78 is 1.91. The standard InChI is InChI=1S/C13H15Br2NO2/c1-3-9(13(17)18)4-5-16-12-10(14)6-8(2)7-11(12)15/h4,6-7,16H,3,5H2,1-2H3,(H,17,18). The molecule has 98 valence electrons. The predicted octanol–water partition coefficient (Wildman–Crippen LogP) is 4.35. The third-order valence-corrected chi connectivity index (χ3v) is 3.72. The number of carboxylic acids is 1. The number of aryl methyl sites for hydroxylation is 1. The van der Waals surface area contributed by atoms with Crippen molar-refractivity contribution in [1.82, 2.24) is 0 Å². The van der Waals surface area contributed by atoms with E-state index in [9.17, 15) is 4.79 Å². The molecule has 0 atom stereocenters. The van der Waals surface area contributed by atoms with Gasteiger partial charge in [-0.3, -0.25) is 0 Å². The summed E-state index contributed by atoms with van der Waals surface area (Å²) >= 11 is 6.96. The summed E-state index contributed by atoms with van der Waals surface area (Å²) in [6.45, 7) is 4.33. The molecular weight excluding hydrogens is 362 g/mol. The Morgan fingerprint density at radius 1 is 1.39 bits per heavy atom. The van der Waals surface area contributed by atoms with Crippen LogP contribution in [0.5, 0.6) is 0 Å². The first-order valence-corrected chi connectivity index (χ1v) is 7.16. The van der Waals surface area contributed by atoms with E-state index >= 15 is 0 Å². The van der Waals surface area contributed by atoms with E-state index < -0.39 is 5.97 Å². The third-order valence-electron chi connectivity index (χ3n) is 2.47. The van der Waals surface area contributed by atoms with Gasteiger partial charge in [0.25, 0.3) is 0 Å². The molecule has 0 fully saturated rings. The molecule has 0 amide bonds. The van der Waals surface area contributed by atoms with Crippen molar-refractivity contribution in [3.8, 4) is 0 Å². The Kier molecular flexibility index (Phi) is 5.88. The van der Waals surface area contributed by atoms with Gasteiger partial charge in [-0.05, 0) is 62.9 Å². The number of hydrogen-bond donors (Lipinski definition) is 2. The Balaban J connectivity index is 2.78. The number of nitrogens with one attached hydrogen (secondary N) is 1. The zero-order valence-corrected chi connectivity index (χ0v) is 13.4. The number of anilines is 1. The summed E-state index contributed by atoms with van der Waals surface area (Å²) in [6, 6.07) is 4.02. The highest BCUT2D eigenvalue weighted by Gasteiger charge is 2.06. The van der Waals surface area contributed by atoms with Crippen molar-refractivity contribution in [1.29, 1.82) is 0 Å². The van der Waals surface area contributed by atoms with Crippen LogP contribution in [0.3, 0.4) is 0 Å². The second-order valence-corrected chi connectivity index (χ2v) is 5.58. The van der Waals surface area contributed by atoms with Gasteiger partial charge in [-0.2, -0.15) is 0 Å². The molecule has 1 aromatic rings. The Labute approximate surface area is 124 Å². The molecule has 0 saturated carbocycles. The first-order chi connectivity index (χ1) is 8.45. The van der Waals surface area contributed by atoms with E-state index in [2.05, 4.69) is 37.2 Å². The van der Waals surface area contributed by atoms with Crippen molar-refractivity contribution in [3.05, 3.63) is 38.3 Å². The van der Waals surface area contributed by atoms with Crippen LogP contribution in [0.25, 0.3) is 0 Å². The fraction of sp³-hybridized carbons (Fsp3) is 0.308. The molecular formula is C13H15Br2NO2. The van der Waals surface area contributed by atoms with Crippen LogP contribution in [0.15, 0.2) is 32.7 Å². The van der Waals surface area contributed by atoms with Gasteiger partial charge in [-0.1, -0.05) is 13.0 Å². The molecule has 0 aromatic heterocycles. The van der Waals surface area contributed by atoms with Crippen LogP contribution in [0.1, 0.15) is 18.9 Å². The Morgan fingerprint density at radius 2 is 1.94 bits per heavy atom. The van der Waals surface area contributed by atoms with Gasteiger partial charge in [0.2, 0.25) is 0 Å². The Morgan fingerprint density at radius 3 is 2.39 bits per heavy atom. The largest absolute Gasteiger partial charge is 0.478 e. The van der Waals surface area contributed by atoms with Crippen molar-refractivity contribution in [2.24, 2.45) is 0 Å². The SMILES string of the molecule is CCC(=CCNc1c(Br)cc(C)cc1Br)C(=O)O. The molecule has 0 aliphatic rings. The number of hydrogen-bond acceptors (Lipinski definition) is 2. The first kappa shape index (κ1) is 15.2. The van der Waals surface area contributed by atoms with Crippen LogP contribution in [0.2, 0.25) is 0 Å². The van der Waals surface area contributed by atoms with Crippen LogP contribution >= 0.6 is 31.9 Å². The minimum absolute atomic E-state index is 0.418. The summed E-state index contributed by atoms with van der Waals surface area (Å²) in [5, 5.41) is 12.1. The van der Waals surface area contributed by atoms with Gasteiger partial charge in [0.15, 0.2) is 0 Å². The van der Waals surface area contributed by atoms with Crippen LogP contribution in [-0.2, 0) is 4.79 Å². The highest BCUT2D eigenvalue weighted by Crippen LogP contribution is 2.32. The van der Waals surface area contributed by atoms with Gasteiger partial charge in [-0.15, -0.1) is 0 Å². The maximum atomic E-state index is 10.8. The zero-order chi connectivity index (χ0) is 13.7. The van der Waals surface area contributed by atoms with E-state index in [1.54, 1.807) is 6.08 Å². The first-order valence-electron chi connectivity index (χ1n) is 5.57. The number of carboxylic acid groups (broad SMARTS) is 1. The van der Waals surface area contributed by atoms with Gasteiger partial charge in [-0.25, -0.2) is 4.79 Å². The molecule has 1 aromatic carbocycles. The number of carbonyl (C=O) groups is 1. The van der Waals surface area contributed by atoms with Crippen LogP contribution in [0.4, 0.5) is 5.69 Å². The molecule has 0 saturated heterocycles. The summed E-state index contributed by atoms with van der Waals surface area (Å²) in [4.78, 5) is 10.8. The predicted molar refractivity (Wildman–Crippen MR) is 81.1 cm³/mol. The fourth-order valence-corrected chi connectivity index (χ4v) is 3.22. The van der Waals surface area contributed by atoms with Crippen LogP contribution in [0, 0.1) is 6.92 Å². The van der Waals surface area contributed by atoms with E-state index in [1.807, 2.05) is 26.0 Å². The maximum absolute atomic E-state index is 10.8. The summed E-state index contributed by atoms with van der Waals surface area (Å²) in [7, 11) is 0. The van der Waals surface area contributed by atoms with Crippen molar-refractivity contribution < 1.29 is 9.90 Å². The molecule has 0 heterocycles. The van der Waals surface area contributed by atoms with Crippen molar-refractivity contribution in [3.63, 3.8) is 0 Å². The van der Waals surface area contributed by atoms with E-state index in [0.717, 1.165) is 20.2 Å². The minimum Gasteiger partial charge on any atom is -0.478 e. The van der Waals surface area contributed by atoms with Gasteiger partial charge in [0, 0.05) is 21.1 Å². The summed E-state index contributed by atoms with van der Waals surface area (Å²) in [5.41, 5.74) is 2.49. The summed E-state index contributed by atoms with van der Waals surface area (Å²) in [5.74, 6) is -0.860. The molecule has 1 rings (SSSR count). The smallest absolute Gasteiger partial charge is 0.331 e. The lowest BCUT2D eigenvalue weighted by Gasteiger charge is -2.10. The maximum Gasteiger partial charge on any atom is 0.331 e. The number of aliphatic carboxylic acids is 1. The molecule has 0 aliphatic carbocycles. The van der Waals surface area contributed by atoms with Crippen LogP contribution in [-0.4, -0.2) is 17.6 Å². The summed E-state index contributed by atoms with van der Waals surface area (Å²) in [6.07, 6.45) is 2.22. The second kappa shape index (κ2) is 6.95. The highest BCUT2D eigenvalue weighted by molar-refractivity contribution is 9.11. The quantitative estimate of drug-likeness (QED) is 0.751. The average Bonchev–Trinajstić information content (AvgIpc) is 2.26. The fourth-order valence-electron chi connectivity index (χ4n) is 1.53. The molecule has 0 radical (unpaired) electrons. The minimum atomic E-state index is -0.860. The van der Waals surface area contributed by atoms with E-state index in [4.69, 9.17) is 5.11 Å². The van der Waals surface area contributed by atoms with E-state index in [0.29, 0.717) is 18.5 Å². The lowest BCUT2D eigenvalue weighted by molar-refractivity contribution is -0.132. The molecule has 0 bridgehead atoms. The second-order valence-electron chi connectivity index (χ2n) is 3.87. The number of halogens is 2. The van der Waals surface area contributed by atoms with E-state index in [-0.39, 0.29) is 0 Å². The molecule has 0 spiro atoms. The number of benzene rings is 1. The normalized spacial score (nSPS) is 11.4. The molecule has 0 unspecified atom stereocenters. The van der Waals surface area contributed by atoms with Crippen LogP contribution < -0.4 is 5.32 Å². The van der Waals surface area contributed by atoms with Crippen molar-refractivity contribution >= 4 is 43.5 Å². The molecule has 5 heteroatoms. The zero-order valence-electron chi connectivity index (χ0n) is 10.3. The third kappa shape index (κ3) is 4.14. The van der Waals surface area contributed by atoms with Gasteiger partial charge >= 0.3 is 5.97 Å². The monoisotopic (exact) mass is 375 g/mol. The lowest BCUT2D eigenvalue weighted by atomic mass is 10.2. The highest BCUT2D eigenvalue weighted by atomic mass is 79.9. The molecule has 2 N–H and O–H groups in total.